The maximum atomic E-state index is 12.7. The van der Waals surface area contributed by atoms with E-state index in [1.165, 1.54) is 0 Å². The maximum Gasteiger partial charge on any atom is 0.261 e. The quantitative estimate of drug-likeness (QED) is 0.733. The van der Waals surface area contributed by atoms with Crippen LogP contribution in [0.15, 0.2) is 48.5 Å². The summed E-state index contributed by atoms with van der Waals surface area (Å²) in [5, 5.41) is 3.08. The van der Waals surface area contributed by atoms with Crippen LogP contribution in [0.4, 0.5) is 0 Å². The highest BCUT2D eigenvalue weighted by atomic mass is 16.5. The summed E-state index contributed by atoms with van der Waals surface area (Å²) in [4.78, 5) is 12.7. The topological polar surface area (TPSA) is 56.8 Å². The summed E-state index contributed by atoms with van der Waals surface area (Å²) in [6.45, 7) is 3.97. The molecule has 1 N–H and O–H groups in total. The second-order valence-corrected chi connectivity index (χ2v) is 5.94. The highest BCUT2D eigenvalue weighted by Gasteiger charge is 2.22. The molecule has 2 aromatic carbocycles. The third kappa shape index (κ3) is 5.15. The van der Waals surface area contributed by atoms with Crippen molar-refractivity contribution < 1.29 is 19.0 Å². The second-order valence-electron chi connectivity index (χ2n) is 5.94. The van der Waals surface area contributed by atoms with Gasteiger partial charge in [-0.05, 0) is 42.7 Å². The molecule has 5 heteroatoms. The Morgan fingerprint density at radius 3 is 2.15 bits per heavy atom. The Kier molecular flexibility index (Phi) is 7.33. The lowest BCUT2D eigenvalue weighted by molar-refractivity contribution is -0.128. The van der Waals surface area contributed by atoms with E-state index in [0.29, 0.717) is 17.9 Å². The third-order valence-corrected chi connectivity index (χ3v) is 4.23. The largest absolute Gasteiger partial charge is 0.497 e. The summed E-state index contributed by atoms with van der Waals surface area (Å²) in [6, 6.07) is 14.9. The lowest BCUT2D eigenvalue weighted by atomic mass is 10.0. The minimum absolute atomic E-state index is 0.0728. The van der Waals surface area contributed by atoms with E-state index in [1.807, 2.05) is 56.3 Å². The average Bonchev–Trinajstić information content (AvgIpc) is 2.70. The number of amides is 1. The van der Waals surface area contributed by atoms with E-state index in [0.717, 1.165) is 17.7 Å². The monoisotopic (exact) mass is 357 g/mol. The normalized spacial score (nSPS) is 12.8. The molecule has 0 unspecified atom stereocenters. The van der Waals surface area contributed by atoms with Gasteiger partial charge in [-0.1, -0.05) is 32.0 Å². The number of benzene rings is 2. The Labute approximate surface area is 155 Å². The van der Waals surface area contributed by atoms with Gasteiger partial charge in [0.25, 0.3) is 5.91 Å². The molecule has 26 heavy (non-hydrogen) atoms. The zero-order chi connectivity index (χ0) is 18.9. The molecule has 2 atom stereocenters. The molecular weight excluding hydrogens is 330 g/mol. The van der Waals surface area contributed by atoms with Crippen molar-refractivity contribution in [1.82, 2.24) is 5.32 Å². The molecule has 0 fully saturated rings. The fourth-order valence-electron chi connectivity index (χ4n) is 2.68. The van der Waals surface area contributed by atoms with Crippen LogP contribution in [0.25, 0.3) is 0 Å². The number of hydrogen-bond donors (Lipinski definition) is 1. The van der Waals surface area contributed by atoms with Crippen molar-refractivity contribution in [2.45, 2.75) is 38.8 Å². The van der Waals surface area contributed by atoms with Gasteiger partial charge in [-0.2, -0.15) is 0 Å². The lowest BCUT2D eigenvalue weighted by Crippen LogP contribution is -2.39. The number of methoxy groups -OCH3 is 2. The van der Waals surface area contributed by atoms with Crippen molar-refractivity contribution in [3.05, 3.63) is 54.1 Å². The van der Waals surface area contributed by atoms with Crippen LogP contribution in [0.3, 0.4) is 0 Å². The van der Waals surface area contributed by atoms with E-state index < -0.39 is 6.10 Å². The zero-order valence-corrected chi connectivity index (χ0v) is 15.8. The molecule has 0 aliphatic carbocycles. The van der Waals surface area contributed by atoms with Gasteiger partial charge in [-0.15, -0.1) is 0 Å². The number of rotatable bonds is 9. The van der Waals surface area contributed by atoms with Crippen LogP contribution in [-0.4, -0.2) is 26.2 Å². The molecular formula is C21H27NO4. The van der Waals surface area contributed by atoms with Gasteiger partial charge >= 0.3 is 0 Å². The molecule has 0 aliphatic rings. The van der Waals surface area contributed by atoms with Crippen molar-refractivity contribution in [1.29, 1.82) is 0 Å². The molecule has 0 spiro atoms. The van der Waals surface area contributed by atoms with E-state index in [1.54, 1.807) is 20.3 Å². The molecule has 140 valence electrons. The summed E-state index contributed by atoms with van der Waals surface area (Å²) < 4.78 is 16.3. The van der Waals surface area contributed by atoms with Crippen molar-refractivity contribution in [3.8, 4) is 17.2 Å². The summed E-state index contributed by atoms with van der Waals surface area (Å²) in [5.41, 5.74) is 1.04. The van der Waals surface area contributed by atoms with Crippen LogP contribution < -0.4 is 19.5 Å². The third-order valence-electron chi connectivity index (χ3n) is 4.23. The molecule has 0 heterocycles. The maximum absolute atomic E-state index is 12.7. The Balaban J connectivity index is 2.05. The van der Waals surface area contributed by atoms with Gasteiger partial charge in [0.15, 0.2) is 6.10 Å². The van der Waals surface area contributed by atoms with Crippen molar-refractivity contribution in [2.24, 2.45) is 0 Å². The molecule has 0 saturated heterocycles. The predicted molar refractivity (Wildman–Crippen MR) is 102 cm³/mol. The molecule has 5 nitrogen and oxygen atoms in total. The molecule has 0 aromatic heterocycles. The molecule has 2 rings (SSSR count). The summed E-state index contributed by atoms with van der Waals surface area (Å²) in [5.74, 6) is 1.98. The van der Waals surface area contributed by atoms with E-state index >= 15 is 0 Å². The average molecular weight is 357 g/mol. The van der Waals surface area contributed by atoms with Crippen LogP contribution in [0, 0.1) is 0 Å². The van der Waals surface area contributed by atoms with Gasteiger partial charge in [0.2, 0.25) is 0 Å². The van der Waals surface area contributed by atoms with Crippen molar-refractivity contribution in [2.75, 3.05) is 14.2 Å². The van der Waals surface area contributed by atoms with Gasteiger partial charge in [-0.25, -0.2) is 0 Å². The minimum Gasteiger partial charge on any atom is -0.497 e. The smallest absolute Gasteiger partial charge is 0.261 e. The van der Waals surface area contributed by atoms with Gasteiger partial charge in [0.05, 0.1) is 20.3 Å². The van der Waals surface area contributed by atoms with E-state index in [2.05, 4.69) is 5.32 Å². The Hall–Kier alpha value is -2.69. The number of carbonyl (C=O) groups excluding carboxylic acids is 1. The van der Waals surface area contributed by atoms with Crippen LogP contribution in [0.5, 0.6) is 17.2 Å². The van der Waals surface area contributed by atoms with Gasteiger partial charge in [-0.3, -0.25) is 4.79 Å². The first kappa shape index (κ1) is 19.6. The first-order valence-electron chi connectivity index (χ1n) is 8.86. The summed E-state index contributed by atoms with van der Waals surface area (Å²) in [7, 11) is 3.24. The second kappa shape index (κ2) is 9.70. The number of hydrogen-bond acceptors (Lipinski definition) is 4. The van der Waals surface area contributed by atoms with Crippen LogP contribution in [0.1, 0.15) is 38.3 Å². The van der Waals surface area contributed by atoms with E-state index in [-0.39, 0.29) is 11.9 Å². The lowest BCUT2D eigenvalue weighted by Gasteiger charge is -2.22. The molecule has 1 amide bonds. The van der Waals surface area contributed by atoms with E-state index in [9.17, 15) is 4.79 Å². The number of carbonyl (C=O) groups is 1. The van der Waals surface area contributed by atoms with Gasteiger partial charge in [0, 0.05) is 6.07 Å². The standard InChI is InChI=1S/C21H27NO4/c1-5-19(15-10-12-16(24-3)13-11-15)22-21(23)20(6-2)26-18-9-7-8-17(14-18)25-4/h7-14,19-20H,5-6H2,1-4H3,(H,22,23)/t19-,20+/m1/s1. The molecule has 0 bridgehead atoms. The summed E-state index contributed by atoms with van der Waals surface area (Å²) >= 11 is 0. The Morgan fingerprint density at radius 1 is 0.923 bits per heavy atom. The van der Waals surface area contributed by atoms with Gasteiger partial charge in [0.1, 0.15) is 17.2 Å². The molecule has 2 aromatic rings. The van der Waals surface area contributed by atoms with Crippen LogP contribution >= 0.6 is 0 Å². The van der Waals surface area contributed by atoms with Crippen molar-refractivity contribution >= 4 is 5.91 Å². The first-order valence-corrected chi connectivity index (χ1v) is 8.86. The van der Waals surface area contributed by atoms with Crippen molar-refractivity contribution in [3.63, 3.8) is 0 Å². The van der Waals surface area contributed by atoms with Gasteiger partial charge < -0.3 is 19.5 Å². The summed E-state index contributed by atoms with van der Waals surface area (Å²) in [6.07, 6.45) is 0.796. The van der Waals surface area contributed by atoms with Crippen LogP contribution in [-0.2, 0) is 4.79 Å². The number of ether oxygens (including phenoxy) is 3. The van der Waals surface area contributed by atoms with Crippen LogP contribution in [0.2, 0.25) is 0 Å². The Bertz CT molecular complexity index is 699. The SMILES string of the molecule is CC[C@H](Oc1cccc(OC)c1)C(=O)N[C@H](CC)c1ccc(OC)cc1. The van der Waals surface area contributed by atoms with E-state index in [4.69, 9.17) is 14.2 Å². The highest BCUT2D eigenvalue weighted by Crippen LogP contribution is 2.23. The fraction of sp³-hybridized carbons (Fsp3) is 0.381. The molecule has 0 radical (unpaired) electrons. The highest BCUT2D eigenvalue weighted by molar-refractivity contribution is 5.81. The number of nitrogens with one attached hydrogen (secondary N) is 1. The molecule has 0 aliphatic heterocycles. The first-order chi connectivity index (χ1) is 12.6. The predicted octanol–water partition coefficient (Wildman–Crippen LogP) is 4.13. The fourth-order valence-corrected chi connectivity index (χ4v) is 2.68. The Morgan fingerprint density at radius 2 is 1.58 bits per heavy atom. The minimum atomic E-state index is -0.561. The zero-order valence-electron chi connectivity index (χ0n) is 15.8. The molecule has 0 saturated carbocycles.